The Kier molecular flexibility index (Phi) is 5.21. The lowest BCUT2D eigenvalue weighted by molar-refractivity contribution is -0.146. The maximum atomic E-state index is 13.1. The van der Waals surface area contributed by atoms with Gasteiger partial charge < -0.3 is 23.8 Å². The lowest BCUT2D eigenvalue weighted by Gasteiger charge is -2.30. The fourth-order valence-corrected chi connectivity index (χ4v) is 2.79. The molecule has 1 atom stereocenters. The monoisotopic (exact) mass is 377 g/mol. The van der Waals surface area contributed by atoms with Crippen LogP contribution >= 0.6 is 0 Å². The number of esters is 1. The quantitative estimate of drug-likeness (QED) is 0.588. The van der Waals surface area contributed by atoms with Gasteiger partial charge in [0.1, 0.15) is 11.4 Å². The average molecular weight is 377 g/mol. The molecule has 0 aromatic heterocycles. The molecule has 2 rings (SSSR count). The van der Waals surface area contributed by atoms with Crippen LogP contribution in [0.15, 0.2) is 30.4 Å². The van der Waals surface area contributed by atoms with Crippen LogP contribution < -0.4 is 9.64 Å². The van der Waals surface area contributed by atoms with Gasteiger partial charge in [0.2, 0.25) is 0 Å². The molecule has 0 saturated carbocycles. The van der Waals surface area contributed by atoms with Gasteiger partial charge in [0.15, 0.2) is 0 Å². The van der Waals surface area contributed by atoms with E-state index in [0.29, 0.717) is 11.4 Å². The molecule has 0 aliphatic carbocycles. The average Bonchev–Trinajstić information content (AvgIpc) is 2.80. The van der Waals surface area contributed by atoms with Crippen molar-refractivity contribution in [2.75, 3.05) is 26.2 Å². The largest absolute Gasteiger partial charge is 0.510 e. The summed E-state index contributed by atoms with van der Waals surface area (Å²) in [6.45, 7) is 8.62. The van der Waals surface area contributed by atoms with E-state index in [0.717, 1.165) is 7.11 Å². The highest BCUT2D eigenvalue weighted by molar-refractivity contribution is 6.14. The third-order valence-electron chi connectivity index (χ3n) is 4.03. The number of fused-ring (bicyclic) bond motifs is 1. The Hall–Kier alpha value is -3.03. The molecule has 1 aromatic rings. The van der Waals surface area contributed by atoms with Crippen molar-refractivity contribution in [3.8, 4) is 5.75 Å². The summed E-state index contributed by atoms with van der Waals surface area (Å²) in [4.78, 5) is 39.0. The minimum Gasteiger partial charge on any atom is -0.497 e. The fraction of sp³-hybridized carbons (Fsp3) is 0.421. The second kappa shape index (κ2) is 6.94. The van der Waals surface area contributed by atoms with Crippen LogP contribution in [0.2, 0.25) is 0 Å². The van der Waals surface area contributed by atoms with Gasteiger partial charge in [-0.1, -0.05) is 6.58 Å². The third kappa shape index (κ3) is 3.47. The van der Waals surface area contributed by atoms with E-state index in [1.165, 1.54) is 25.1 Å². The Labute approximate surface area is 157 Å². The van der Waals surface area contributed by atoms with Crippen molar-refractivity contribution >= 4 is 23.7 Å². The first-order chi connectivity index (χ1) is 12.5. The first-order valence-electron chi connectivity index (χ1n) is 8.14. The van der Waals surface area contributed by atoms with E-state index < -0.39 is 29.2 Å². The van der Waals surface area contributed by atoms with Gasteiger partial charge >= 0.3 is 12.1 Å². The van der Waals surface area contributed by atoms with Crippen LogP contribution in [0, 0.1) is 0 Å². The molecule has 0 fully saturated rings. The number of benzene rings is 1. The molecule has 0 spiro atoms. The Bertz CT molecular complexity index is 809. The maximum absolute atomic E-state index is 13.1. The van der Waals surface area contributed by atoms with Crippen molar-refractivity contribution < 1.29 is 33.3 Å². The van der Waals surface area contributed by atoms with Crippen LogP contribution in [-0.4, -0.2) is 44.9 Å². The third-order valence-corrected chi connectivity index (χ3v) is 4.03. The lowest BCUT2D eigenvalue weighted by Crippen LogP contribution is -2.46. The molecule has 1 heterocycles. The molecule has 8 heteroatoms. The van der Waals surface area contributed by atoms with E-state index in [2.05, 4.69) is 6.58 Å². The first kappa shape index (κ1) is 20.3. The smallest absolute Gasteiger partial charge is 0.497 e. The molecule has 1 amide bonds. The molecule has 1 aromatic carbocycles. The molecule has 146 valence electrons. The number of likely N-dealkylation sites (N-methyl/N-ethyl adjacent to an activating group) is 1. The van der Waals surface area contributed by atoms with Gasteiger partial charge in [0.25, 0.3) is 11.5 Å². The Morgan fingerprint density at radius 1 is 1.19 bits per heavy atom. The molecule has 0 bridgehead atoms. The van der Waals surface area contributed by atoms with Gasteiger partial charge in [-0.05, 0) is 39.0 Å². The minimum absolute atomic E-state index is 0.232. The number of rotatable bonds is 4. The van der Waals surface area contributed by atoms with Gasteiger partial charge in [-0.25, -0.2) is 9.59 Å². The summed E-state index contributed by atoms with van der Waals surface area (Å²) in [6, 6.07) is 4.78. The van der Waals surface area contributed by atoms with Crippen LogP contribution in [0.25, 0.3) is 0 Å². The second-order valence-electron chi connectivity index (χ2n) is 6.97. The second-order valence-corrected chi connectivity index (χ2v) is 6.97. The van der Waals surface area contributed by atoms with E-state index in [4.69, 9.17) is 18.9 Å². The predicted octanol–water partition coefficient (Wildman–Crippen LogP) is 2.55. The highest BCUT2D eigenvalue weighted by atomic mass is 16.7. The van der Waals surface area contributed by atoms with Gasteiger partial charge in [-0.15, -0.1) is 0 Å². The molecule has 1 aliphatic heterocycles. The normalized spacial score (nSPS) is 18.6. The zero-order chi connectivity index (χ0) is 20.6. The Balaban J connectivity index is 2.67. The van der Waals surface area contributed by atoms with Crippen LogP contribution in [0.3, 0.4) is 0 Å². The minimum atomic E-state index is -2.12. The highest BCUT2D eigenvalue weighted by Gasteiger charge is 2.58. The lowest BCUT2D eigenvalue weighted by atomic mass is 9.87. The molecule has 0 saturated heterocycles. The van der Waals surface area contributed by atoms with Crippen molar-refractivity contribution in [1.82, 2.24) is 0 Å². The van der Waals surface area contributed by atoms with E-state index >= 15 is 0 Å². The maximum Gasteiger partial charge on any atom is 0.510 e. The number of hydrogen-bond acceptors (Lipinski definition) is 7. The van der Waals surface area contributed by atoms with Gasteiger partial charge in [0, 0.05) is 12.6 Å². The van der Waals surface area contributed by atoms with E-state index in [9.17, 15) is 14.4 Å². The first-order valence-corrected chi connectivity index (χ1v) is 8.14. The Morgan fingerprint density at radius 3 is 2.33 bits per heavy atom. The van der Waals surface area contributed by atoms with Crippen molar-refractivity contribution in [3.05, 3.63) is 35.9 Å². The van der Waals surface area contributed by atoms with Gasteiger partial charge in [0.05, 0.1) is 25.5 Å². The number of carbonyl (C=O) groups excluding carboxylic acids is 3. The van der Waals surface area contributed by atoms with Crippen molar-refractivity contribution in [2.45, 2.75) is 32.0 Å². The molecule has 8 nitrogen and oxygen atoms in total. The zero-order valence-electron chi connectivity index (χ0n) is 16.2. The molecule has 1 aliphatic rings. The summed E-state index contributed by atoms with van der Waals surface area (Å²) in [5, 5.41) is 0. The number of hydrogen-bond donors (Lipinski definition) is 0. The van der Waals surface area contributed by atoms with Crippen LogP contribution in [-0.2, 0) is 29.4 Å². The van der Waals surface area contributed by atoms with E-state index in [1.807, 2.05) is 0 Å². The number of methoxy groups -OCH3 is 2. The summed E-state index contributed by atoms with van der Waals surface area (Å²) >= 11 is 0. The standard InChI is InChI=1S/C19H23NO7/c1-11(15(21)25-7)19(27-17(23)26-18(2,3)4)13-10-12(24-6)8-9-14(13)20(5)16(19)22/h8-10H,1H2,2-7H3. The van der Waals surface area contributed by atoms with E-state index in [1.54, 1.807) is 32.9 Å². The number of carbonyl (C=O) groups is 3. The topological polar surface area (TPSA) is 91.4 Å². The van der Waals surface area contributed by atoms with Crippen LogP contribution in [0.1, 0.15) is 26.3 Å². The van der Waals surface area contributed by atoms with Crippen molar-refractivity contribution in [2.24, 2.45) is 0 Å². The van der Waals surface area contributed by atoms with Crippen LogP contribution in [0.4, 0.5) is 10.5 Å². The molecule has 0 radical (unpaired) electrons. The number of ether oxygens (including phenoxy) is 4. The number of nitrogens with zero attached hydrogens (tertiary/aromatic N) is 1. The number of anilines is 1. The zero-order valence-corrected chi connectivity index (χ0v) is 16.2. The Morgan fingerprint density at radius 2 is 1.81 bits per heavy atom. The highest BCUT2D eigenvalue weighted by Crippen LogP contribution is 2.48. The van der Waals surface area contributed by atoms with E-state index in [-0.39, 0.29) is 11.1 Å². The molecule has 1 unspecified atom stereocenters. The molecule has 0 N–H and O–H groups in total. The van der Waals surface area contributed by atoms with Gasteiger partial charge in [-0.2, -0.15) is 0 Å². The summed E-state index contributed by atoms with van der Waals surface area (Å²) in [5.74, 6) is -1.16. The van der Waals surface area contributed by atoms with Crippen molar-refractivity contribution in [1.29, 1.82) is 0 Å². The summed E-state index contributed by atoms with van der Waals surface area (Å²) in [5.41, 5.74) is -2.66. The molecular formula is C19H23NO7. The van der Waals surface area contributed by atoms with Crippen LogP contribution in [0.5, 0.6) is 5.75 Å². The summed E-state index contributed by atoms with van der Waals surface area (Å²) in [6.07, 6.45) is -1.12. The predicted molar refractivity (Wildman–Crippen MR) is 96.6 cm³/mol. The summed E-state index contributed by atoms with van der Waals surface area (Å²) < 4.78 is 20.6. The summed E-state index contributed by atoms with van der Waals surface area (Å²) in [7, 11) is 4.09. The fourth-order valence-electron chi connectivity index (χ4n) is 2.79. The molecule has 27 heavy (non-hydrogen) atoms. The van der Waals surface area contributed by atoms with Crippen molar-refractivity contribution in [3.63, 3.8) is 0 Å². The van der Waals surface area contributed by atoms with Gasteiger partial charge in [-0.3, -0.25) is 4.79 Å². The number of amides is 1. The molecular weight excluding hydrogens is 354 g/mol. The SMILES string of the molecule is C=C(C(=O)OC)C1(OC(=O)OC(C)(C)C)C(=O)N(C)c2ccc(OC)cc21.